The van der Waals surface area contributed by atoms with Crippen LogP contribution >= 0.6 is 11.6 Å². The van der Waals surface area contributed by atoms with Crippen molar-refractivity contribution >= 4 is 40.6 Å². The van der Waals surface area contributed by atoms with Gasteiger partial charge in [-0.1, -0.05) is 18.0 Å². The summed E-state index contributed by atoms with van der Waals surface area (Å²) in [7, 11) is 0. The van der Waals surface area contributed by atoms with Gasteiger partial charge in [-0.15, -0.1) is 0 Å². The Hall–Kier alpha value is -2.95. The van der Waals surface area contributed by atoms with E-state index in [0.29, 0.717) is 42.8 Å². The second kappa shape index (κ2) is 14.3. The van der Waals surface area contributed by atoms with Crippen LogP contribution in [0, 0.1) is 11.8 Å². The number of rotatable bonds is 11. The van der Waals surface area contributed by atoms with Crippen molar-refractivity contribution in [2.45, 2.75) is 63.9 Å². The first kappa shape index (κ1) is 29.5. The normalized spacial score (nSPS) is 22.9. The Labute approximate surface area is 245 Å². The molecular formula is C30H40ClN5O5. The number of halogens is 1. The van der Waals surface area contributed by atoms with E-state index in [0.717, 1.165) is 76.8 Å². The van der Waals surface area contributed by atoms with Crippen molar-refractivity contribution < 1.29 is 23.9 Å². The minimum atomic E-state index is -0.327. The lowest BCUT2D eigenvalue weighted by atomic mass is 9.79. The third-order valence-corrected chi connectivity index (χ3v) is 8.79. The van der Waals surface area contributed by atoms with Crippen LogP contribution in [0.4, 0.5) is 11.4 Å². The van der Waals surface area contributed by atoms with Gasteiger partial charge in [0.2, 0.25) is 5.91 Å². The van der Waals surface area contributed by atoms with Gasteiger partial charge >= 0.3 is 0 Å². The Morgan fingerprint density at radius 2 is 1.88 bits per heavy atom. The number of nitrogens with one attached hydrogen (secondary N) is 3. The summed E-state index contributed by atoms with van der Waals surface area (Å²) in [5, 5.41) is 6.45. The van der Waals surface area contributed by atoms with Crippen LogP contribution in [0.15, 0.2) is 24.5 Å². The van der Waals surface area contributed by atoms with Crippen molar-refractivity contribution in [1.29, 1.82) is 0 Å². The van der Waals surface area contributed by atoms with E-state index in [1.165, 1.54) is 6.33 Å². The first-order chi connectivity index (χ1) is 20.0. The summed E-state index contributed by atoms with van der Waals surface area (Å²) in [5.74, 6) is -0.00230. The van der Waals surface area contributed by atoms with Crippen LogP contribution in [0.2, 0.25) is 5.02 Å². The lowest BCUT2D eigenvalue weighted by Crippen LogP contribution is -2.36. The van der Waals surface area contributed by atoms with Crippen molar-refractivity contribution in [2.24, 2.45) is 11.8 Å². The highest BCUT2D eigenvalue weighted by Gasteiger charge is 2.28. The van der Waals surface area contributed by atoms with Crippen molar-refractivity contribution in [1.82, 2.24) is 15.3 Å². The zero-order chi connectivity index (χ0) is 28.6. The fraction of sp³-hybridized carbons (Fsp3) is 0.600. The fourth-order valence-corrected chi connectivity index (χ4v) is 6.19. The Morgan fingerprint density at radius 1 is 1.07 bits per heavy atom. The molecule has 2 aliphatic heterocycles. The molecule has 1 aromatic carbocycles. The monoisotopic (exact) mass is 585 g/mol. The molecule has 1 unspecified atom stereocenters. The molecule has 1 saturated carbocycles. The van der Waals surface area contributed by atoms with Crippen LogP contribution in [0.25, 0.3) is 0 Å². The smallest absolute Gasteiger partial charge is 0.270 e. The summed E-state index contributed by atoms with van der Waals surface area (Å²) in [6.07, 6.45) is 8.89. The minimum absolute atomic E-state index is 0.0171. The molecule has 1 atom stereocenters. The summed E-state index contributed by atoms with van der Waals surface area (Å²) in [6, 6.07) is 5.77. The van der Waals surface area contributed by atoms with Gasteiger partial charge in [-0.3, -0.25) is 14.4 Å². The zero-order valence-electron chi connectivity index (χ0n) is 23.5. The second-order valence-electron chi connectivity index (χ2n) is 11.3. The van der Waals surface area contributed by atoms with E-state index in [2.05, 4.69) is 25.5 Å². The van der Waals surface area contributed by atoms with Crippen molar-refractivity contribution in [3.8, 4) is 0 Å². The van der Waals surface area contributed by atoms with Gasteiger partial charge in [0.15, 0.2) is 5.78 Å². The van der Waals surface area contributed by atoms with E-state index in [-0.39, 0.29) is 41.0 Å². The summed E-state index contributed by atoms with van der Waals surface area (Å²) >= 11 is 6.41. The highest BCUT2D eigenvalue weighted by atomic mass is 35.5. The predicted molar refractivity (Wildman–Crippen MR) is 157 cm³/mol. The first-order valence-electron chi connectivity index (χ1n) is 14.9. The Kier molecular flexibility index (Phi) is 10.3. The van der Waals surface area contributed by atoms with E-state index >= 15 is 0 Å². The maximum Gasteiger partial charge on any atom is 0.270 e. The third kappa shape index (κ3) is 7.87. The molecule has 222 valence electrons. The molecular weight excluding hydrogens is 546 g/mol. The Balaban J connectivity index is 1.03. The van der Waals surface area contributed by atoms with Gasteiger partial charge in [-0.25, -0.2) is 4.98 Å². The number of carbonyl (C=O) groups is 3. The van der Waals surface area contributed by atoms with Crippen LogP contribution in [0.3, 0.4) is 0 Å². The number of benzene rings is 1. The van der Waals surface area contributed by atoms with Crippen molar-refractivity contribution in [3.05, 3.63) is 40.9 Å². The standard InChI is InChI=1S/C30H40ClN5O5/c31-24-11-10-22(36-12-15-40-16-13-36)17-25(24)35-29(38)21-8-6-20(7-9-21)3-1-5-26(37)27-28(34-19-33-27)30(39)32-18-23-4-2-14-41-23/h10-11,17,19-21,23H,1-9,12-16,18H2,(H,32,39)(H,33,34)(H,35,38). The number of Topliss-reactive ketones (excluding diaryl/α,β-unsaturated/α-hetero) is 1. The number of anilines is 2. The molecule has 11 heteroatoms. The molecule has 1 aromatic heterocycles. The van der Waals surface area contributed by atoms with Gasteiger partial charge < -0.3 is 30.0 Å². The molecule has 41 heavy (non-hydrogen) atoms. The van der Waals surface area contributed by atoms with E-state index in [1.807, 2.05) is 18.2 Å². The molecule has 2 saturated heterocycles. The first-order valence-corrected chi connectivity index (χ1v) is 15.2. The van der Waals surface area contributed by atoms with E-state index in [4.69, 9.17) is 21.1 Å². The summed E-state index contributed by atoms with van der Waals surface area (Å²) in [5.41, 5.74) is 2.11. The molecule has 1 aliphatic carbocycles. The minimum Gasteiger partial charge on any atom is -0.378 e. The van der Waals surface area contributed by atoms with Crippen LogP contribution in [0.1, 0.15) is 78.8 Å². The summed E-state index contributed by atoms with van der Waals surface area (Å²) in [6.45, 7) is 4.18. The number of nitrogens with zero attached hydrogens (tertiary/aromatic N) is 2. The number of ether oxygens (including phenoxy) is 2. The van der Waals surface area contributed by atoms with Crippen LogP contribution in [0.5, 0.6) is 0 Å². The molecule has 10 nitrogen and oxygen atoms in total. The molecule has 0 bridgehead atoms. The summed E-state index contributed by atoms with van der Waals surface area (Å²) < 4.78 is 11.0. The molecule has 3 N–H and O–H groups in total. The Morgan fingerprint density at radius 3 is 2.63 bits per heavy atom. The number of carbonyl (C=O) groups excluding carboxylic acids is 3. The number of aromatic amines is 1. The average Bonchev–Trinajstić information content (AvgIpc) is 3.71. The maximum absolute atomic E-state index is 13.1. The van der Waals surface area contributed by atoms with Crippen LogP contribution in [-0.2, 0) is 14.3 Å². The quantitative estimate of drug-likeness (QED) is 0.329. The van der Waals surface area contributed by atoms with Crippen molar-refractivity contribution in [2.75, 3.05) is 49.7 Å². The number of H-pyrrole nitrogens is 1. The number of ketones is 1. The molecule has 3 fully saturated rings. The molecule has 0 radical (unpaired) electrons. The molecule has 5 rings (SSSR count). The van der Waals surface area contributed by atoms with E-state index in [9.17, 15) is 14.4 Å². The fourth-order valence-electron chi connectivity index (χ4n) is 6.02. The lowest BCUT2D eigenvalue weighted by Gasteiger charge is -2.30. The van der Waals surface area contributed by atoms with Crippen molar-refractivity contribution in [3.63, 3.8) is 0 Å². The largest absolute Gasteiger partial charge is 0.378 e. The summed E-state index contributed by atoms with van der Waals surface area (Å²) in [4.78, 5) is 47.7. The number of aromatic nitrogens is 2. The molecule has 3 aliphatic rings. The van der Waals surface area contributed by atoms with Crippen LogP contribution in [-0.4, -0.2) is 73.1 Å². The third-order valence-electron chi connectivity index (χ3n) is 8.46. The van der Waals surface area contributed by atoms with Gasteiger partial charge in [0.1, 0.15) is 11.4 Å². The van der Waals surface area contributed by atoms with Gasteiger partial charge in [-0.05, 0) is 69.1 Å². The zero-order valence-corrected chi connectivity index (χ0v) is 24.2. The topological polar surface area (TPSA) is 126 Å². The van der Waals surface area contributed by atoms with E-state index in [1.54, 1.807) is 0 Å². The number of hydrogen-bond donors (Lipinski definition) is 3. The SMILES string of the molecule is O=C(CCCC1CCC(C(=O)Nc2cc(N3CCOCC3)ccc2Cl)CC1)c1nc[nH]c1C(=O)NCC1CCCO1. The van der Waals surface area contributed by atoms with Crippen LogP contribution < -0.4 is 15.5 Å². The highest BCUT2D eigenvalue weighted by Crippen LogP contribution is 2.34. The number of imidazole rings is 1. The molecule has 0 spiro atoms. The van der Waals surface area contributed by atoms with Gasteiger partial charge in [0.05, 0.1) is 36.4 Å². The second-order valence-corrected chi connectivity index (χ2v) is 11.7. The predicted octanol–water partition coefficient (Wildman–Crippen LogP) is 4.61. The highest BCUT2D eigenvalue weighted by molar-refractivity contribution is 6.33. The lowest BCUT2D eigenvalue weighted by molar-refractivity contribution is -0.121. The molecule has 2 amide bonds. The number of amides is 2. The Bertz CT molecular complexity index is 1200. The average molecular weight is 586 g/mol. The van der Waals surface area contributed by atoms with Gasteiger partial charge in [-0.2, -0.15) is 0 Å². The van der Waals surface area contributed by atoms with E-state index < -0.39 is 0 Å². The van der Waals surface area contributed by atoms with Gasteiger partial charge in [0, 0.05) is 44.3 Å². The molecule has 3 heterocycles. The van der Waals surface area contributed by atoms with Gasteiger partial charge in [0.25, 0.3) is 5.91 Å². The molecule has 2 aromatic rings. The number of morpholine rings is 1. The maximum atomic E-state index is 13.1. The number of hydrogen-bond acceptors (Lipinski definition) is 7.